The van der Waals surface area contributed by atoms with Crippen molar-refractivity contribution in [3.05, 3.63) is 97.9 Å². The van der Waals surface area contributed by atoms with Crippen molar-refractivity contribution in [3.63, 3.8) is 0 Å². The van der Waals surface area contributed by atoms with Gasteiger partial charge in [0.25, 0.3) is 0 Å². The normalized spacial score (nSPS) is 12.0. The molecule has 43 heavy (non-hydrogen) atoms. The first-order chi connectivity index (χ1) is 20.4. The smallest absolute Gasteiger partial charge is 0.243 e. The zero-order chi connectivity index (χ0) is 31.6. The average molecular weight is 688 g/mol. The van der Waals surface area contributed by atoms with Crippen LogP contribution in [0.5, 0.6) is 0 Å². The van der Waals surface area contributed by atoms with Gasteiger partial charge in [0.05, 0.1) is 27.0 Å². The highest BCUT2D eigenvalue weighted by Gasteiger charge is 2.30. The minimum absolute atomic E-state index is 0.0166. The summed E-state index contributed by atoms with van der Waals surface area (Å²) >= 11 is 24.8. The van der Waals surface area contributed by atoms with Crippen LogP contribution >= 0.6 is 46.4 Å². The van der Waals surface area contributed by atoms with Crippen LogP contribution in [0.1, 0.15) is 43.7 Å². The number of unbranched alkanes of at least 4 members (excludes halogenated alkanes) is 1. The van der Waals surface area contributed by atoms with Crippen LogP contribution < -0.4 is 9.62 Å². The molecule has 0 aliphatic rings. The molecule has 2 amide bonds. The number of carbonyl (C=O) groups excluding carboxylic acids is 2. The van der Waals surface area contributed by atoms with Crippen LogP contribution in [-0.2, 0) is 32.6 Å². The molecule has 0 saturated heterocycles. The fourth-order valence-corrected chi connectivity index (χ4v) is 6.28. The van der Waals surface area contributed by atoms with Crippen molar-refractivity contribution in [2.75, 3.05) is 23.7 Å². The predicted octanol–water partition coefficient (Wildman–Crippen LogP) is 7.40. The van der Waals surface area contributed by atoms with E-state index in [2.05, 4.69) is 5.32 Å². The Kier molecular flexibility index (Phi) is 13.5. The molecule has 0 heterocycles. The molecule has 0 aliphatic heterocycles. The topological polar surface area (TPSA) is 86.8 Å². The minimum atomic E-state index is -3.74. The number of carbonyl (C=O) groups is 2. The van der Waals surface area contributed by atoms with E-state index >= 15 is 0 Å². The third-order valence-corrected chi connectivity index (χ3v) is 9.24. The van der Waals surface area contributed by atoms with Gasteiger partial charge >= 0.3 is 0 Å². The molecule has 0 aromatic heterocycles. The first kappa shape index (κ1) is 35.0. The minimum Gasteiger partial charge on any atom is -0.354 e. The number of benzene rings is 3. The largest absolute Gasteiger partial charge is 0.354 e. The number of halogens is 4. The lowest BCUT2D eigenvalue weighted by molar-refractivity contribution is -0.141. The maximum Gasteiger partial charge on any atom is 0.243 e. The van der Waals surface area contributed by atoms with E-state index in [0.717, 1.165) is 29.0 Å². The van der Waals surface area contributed by atoms with Gasteiger partial charge in [-0.05, 0) is 54.3 Å². The van der Waals surface area contributed by atoms with Crippen molar-refractivity contribution >= 4 is 73.9 Å². The summed E-state index contributed by atoms with van der Waals surface area (Å²) in [6.45, 7) is 2.60. The molecule has 0 saturated carbocycles. The van der Waals surface area contributed by atoms with E-state index in [1.807, 2.05) is 37.3 Å². The van der Waals surface area contributed by atoms with Gasteiger partial charge in [0.15, 0.2) is 0 Å². The predicted molar refractivity (Wildman–Crippen MR) is 177 cm³/mol. The Morgan fingerprint density at radius 1 is 0.860 bits per heavy atom. The van der Waals surface area contributed by atoms with E-state index in [1.54, 1.807) is 24.3 Å². The summed E-state index contributed by atoms with van der Waals surface area (Å²) in [5.74, 6) is -0.586. The van der Waals surface area contributed by atoms with Crippen molar-refractivity contribution in [1.82, 2.24) is 10.2 Å². The quantitative estimate of drug-likeness (QED) is 0.169. The molecule has 12 heteroatoms. The Labute approximate surface area is 274 Å². The van der Waals surface area contributed by atoms with Gasteiger partial charge in [0.1, 0.15) is 6.04 Å². The Morgan fingerprint density at radius 3 is 2.21 bits per heavy atom. The van der Waals surface area contributed by atoms with Gasteiger partial charge in [-0.2, -0.15) is 0 Å². The molecule has 0 radical (unpaired) electrons. The van der Waals surface area contributed by atoms with Crippen molar-refractivity contribution in [2.45, 2.75) is 51.6 Å². The fourth-order valence-electron chi connectivity index (χ4n) is 4.55. The Hall–Kier alpha value is -2.49. The summed E-state index contributed by atoms with van der Waals surface area (Å²) in [5.41, 5.74) is 1.82. The molecule has 0 bridgehead atoms. The second kappa shape index (κ2) is 16.5. The van der Waals surface area contributed by atoms with Crippen LogP contribution in [0.4, 0.5) is 5.69 Å². The highest BCUT2D eigenvalue weighted by Crippen LogP contribution is 2.31. The Bertz CT molecular complexity index is 1510. The molecular weight excluding hydrogens is 652 g/mol. The molecule has 0 unspecified atom stereocenters. The summed E-state index contributed by atoms with van der Waals surface area (Å²) in [6.07, 6.45) is 3.21. The highest BCUT2D eigenvalue weighted by atomic mass is 35.5. The molecule has 0 spiro atoms. The standard InChI is InChI=1S/C31H35Cl4N3O4S/c1-3-4-16-36-31(40)29(19-22-9-6-5-7-10-22)37(21-23-12-14-25(33)27(35)18-23)30(39)11-8-17-38(43(2,41)42)28-20-24(32)13-15-26(28)34/h5-7,9-10,12-15,18,20,29H,3-4,8,11,16-17,19,21H2,1-2H3,(H,36,40)/t29-/m0/s1. The third kappa shape index (κ3) is 10.6. The van der Waals surface area contributed by atoms with Crippen molar-refractivity contribution in [1.29, 1.82) is 0 Å². The number of hydrogen-bond acceptors (Lipinski definition) is 4. The zero-order valence-corrected chi connectivity index (χ0v) is 27.9. The molecule has 7 nitrogen and oxygen atoms in total. The molecule has 1 atom stereocenters. The number of nitrogens with one attached hydrogen (secondary N) is 1. The highest BCUT2D eigenvalue weighted by molar-refractivity contribution is 7.92. The van der Waals surface area contributed by atoms with E-state index in [-0.39, 0.29) is 48.5 Å². The first-order valence-electron chi connectivity index (χ1n) is 13.9. The number of nitrogens with zero attached hydrogens (tertiary/aromatic N) is 2. The van der Waals surface area contributed by atoms with E-state index in [4.69, 9.17) is 46.4 Å². The van der Waals surface area contributed by atoms with Crippen LogP contribution in [0, 0.1) is 0 Å². The molecule has 3 rings (SSSR count). The summed E-state index contributed by atoms with van der Waals surface area (Å²) < 4.78 is 26.5. The third-order valence-electron chi connectivity index (χ3n) is 6.77. The molecular formula is C31H35Cl4N3O4S. The summed E-state index contributed by atoms with van der Waals surface area (Å²) in [5, 5.41) is 4.23. The van der Waals surface area contributed by atoms with Crippen LogP contribution in [-0.4, -0.2) is 50.5 Å². The number of anilines is 1. The van der Waals surface area contributed by atoms with Crippen molar-refractivity contribution < 1.29 is 18.0 Å². The maximum absolute atomic E-state index is 13.9. The molecule has 232 valence electrons. The Morgan fingerprint density at radius 2 is 1.56 bits per heavy atom. The lowest BCUT2D eigenvalue weighted by Gasteiger charge is -2.32. The first-order valence-corrected chi connectivity index (χ1v) is 17.2. The van der Waals surface area contributed by atoms with Crippen LogP contribution in [0.25, 0.3) is 0 Å². The fraction of sp³-hybridized carbons (Fsp3) is 0.355. The van der Waals surface area contributed by atoms with Gasteiger partial charge in [-0.1, -0.05) is 96.1 Å². The summed E-state index contributed by atoms with van der Waals surface area (Å²) in [4.78, 5) is 29.0. The zero-order valence-electron chi connectivity index (χ0n) is 24.0. The number of amides is 2. The van der Waals surface area contributed by atoms with Crippen molar-refractivity contribution in [3.8, 4) is 0 Å². The lowest BCUT2D eigenvalue weighted by Crippen LogP contribution is -2.50. The molecule has 0 fully saturated rings. The Balaban J connectivity index is 1.91. The van der Waals surface area contributed by atoms with Gasteiger partial charge in [-0.15, -0.1) is 0 Å². The van der Waals surface area contributed by atoms with E-state index in [9.17, 15) is 18.0 Å². The number of sulfonamides is 1. The van der Waals surface area contributed by atoms with Crippen LogP contribution in [0.2, 0.25) is 20.1 Å². The second-order valence-corrected chi connectivity index (χ2v) is 13.7. The van der Waals surface area contributed by atoms with Crippen LogP contribution in [0.3, 0.4) is 0 Å². The van der Waals surface area contributed by atoms with Gasteiger partial charge in [-0.25, -0.2) is 8.42 Å². The lowest BCUT2D eigenvalue weighted by atomic mass is 10.0. The maximum atomic E-state index is 13.9. The summed E-state index contributed by atoms with van der Waals surface area (Å²) in [7, 11) is -3.74. The molecule has 3 aromatic carbocycles. The SMILES string of the molecule is CCCCNC(=O)[C@H](Cc1ccccc1)N(Cc1ccc(Cl)c(Cl)c1)C(=O)CCCN(c1cc(Cl)ccc1Cl)S(C)(=O)=O. The van der Waals surface area contributed by atoms with Gasteiger partial charge < -0.3 is 10.2 Å². The van der Waals surface area contributed by atoms with Crippen LogP contribution in [0.15, 0.2) is 66.7 Å². The van der Waals surface area contributed by atoms with Crippen molar-refractivity contribution in [2.24, 2.45) is 0 Å². The molecule has 1 N–H and O–H groups in total. The van der Waals surface area contributed by atoms with E-state index in [0.29, 0.717) is 33.6 Å². The number of rotatable bonds is 15. The van der Waals surface area contributed by atoms with Gasteiger partial charge in [0, 0.05) is 37.5 Å². The monoisotopic (exact) mass is 685 g/mol. The summed E-state index contributed by atoms with van der Waals surface area (Å²) in [6, 6.07) is 18.3. The van der Waals surface area contributed by atoms with E-state index < -0.39 is 16.1 Å². The second-order valence-electron chi connectivity index (χ2n) is 10.2. The average Bonchev–Trinajstić information content (AvgIpc) is 2.96. The van der Waals surface area contributed by atoms with E-state index in [1.165, 1.54) is 17.0 Å². The molecule has 0 aliphatic carbocycles. The number of hydrogen-bond donors (Lipinski definition) is 1. The molecule has 3 aromatic rings. The van der Waals surface area contributed by atoms with Gasteiger partial charge in [-0.3, -0.25) is 13.9 Å². The van der Waals surface area contributed by atoms with Gasteiger partial charge in [0.2, 0.25) is 21.8 Å².